The minimum atomic E-state index is -1.32. The van der Waals surface area contributed by atoms with Crippen molar-refractivity contribution < 1.29 is 24.5 Å². The number of carboxylic acids is 1. The number of amides is 1. The molecule has 4 atom stereocenters. The lowest BCUT2D eigenvalue weighted by molar-refractivity contribution is -0.758. The van der Waals surface area contributed by atoms with E-state index in [1.54, 1.807) is 19.6 Å². The molecule has 8 nitrogen and oxygen atoms in total. The van der Waals surface area contributed by atoms with E-state index in [2.05, 4.69) is 4.98 Å². The van der Waals surface area contributed by atoms with E-state index in [1.165, 1.54) is 16.7 Å². The number of aliphatic hydroxyl groups excluding tert-OH is 1. The van der Waals surface area contributed by atoms with Crippen molar-refractivity contribution in [2.45, 2.75) is 44.3 Å². The molecule has 0 aliphatic carbocycles. The summed E-state index contributed by atoms with van der Waals surface area (Å²) >= 11 is 1.50. The quantitative estimate of drug-likeness (QED) is 0.503. The van der Waals surface area contributed by atoms with Crippen LogP contribution in [0.4, 0.5) is 0 Å². The molecule has 0 bridgehead atoms. The van der Waals surface area contributed by atoms with Gasteiger partial charge < -0.3 is 19.9 Å². The number of thioether (sulfide) groups is 1. The lowest BCUT2D eigenvalue weighted by atomic mass is 9.79. The van der Waals surface area contributed by atoms with Crippen LogP contribution in [0.1, 0.15) is 13.8 Å². The van der Waals surface area contributed by atoms with Gasteiger partial charge in [-0.1, -0.05) is 6.92 Å². The number of aromatic nitrogens is 3. The van der Waals surface area contributed by atoms with Gasteiger partial charge in [-0.05, 0) is 11.9 Å². The number of aliphatic hydroxyl groups is 1. The van der Waals surface area contributed by atoms with Gasteiger partial charge in [-0.15, -0.1) is 11.8 Å². The second-order valence-corrected chi connectivity index (χ2v) is 7.96. The average Bonchev–Trinajstić information content (AvgIpc) is 3.12. The highest BCUT2D eigenvalue weighted by molar-refractivity contribution is 8.03. The number of hydrogen-bond acceptors (Lipinski definition) is 6. The zero-order valence-corrected chi connectivity index (χ0v) is 14.1. The molecule has 1 fully saturated rings. The molecule has 1 N–H and O–H groups in total. The fraction of sp³-hybridized carbons (Fsp3) is 0.600. The number of fused-ring (bicyclic) bond motifs is 2. The molecular weight excluding hydrogens is 332 g/mol. The Hall–Kier alpha value is -1.87. The molecule has 0 unspecified atom stereocenters. The smallest absolute Gasteiger partial charge is 0.306 e. The first-order chi connectivity index (χ1) is 11.4. The summed E-state index contributed by atoms with van der Waals surface area (Å²) < 4.78 is 3.96. The standard InChI is InChI=1S/C15H18N4O4S/c1-7-11-10(8(2)20)14(21)19(11)12(15(22)23)13(7)24-9-3-17-5-16-6-18(17)4-9/h5-11,20H,3-4H2,1-2H3/t7-,8+,10+,11+/m0/s1. The SMILES string of the molecule is C[C@@H]1C(SC2Cn3cnc[n+]3C2)=C(C(=O)[O-])N2C(=O)[C@H]([C@@H](C)O)[C@@H]12. The molecule has 1 saturated heterocycles. The van der Waals surface area contributed by atoms with E-state index in [4.69, 9.17) is 0 Å². The normalized spacial score (nSPS) is 32.6. The van der Waals surface area contributed by atoms with Gasteiger partial charge in [0.1, 0.15) is 6.54 Å². The Labute approximate surface area is 142 Å². The van der Waals surface area contributed by atoms with E-state index in [0.717, 1.165) is 13.1 Å². The third-order valence-corrected chi connectivity index (χ3v) is 6.56. The first-order valence-electron chi connectivity index (χ1n) is 7.93. The van der Waals surface area contributed by atoms with E-state index < -0.39 is 18.0 Å². The number of hydrogen-bond donors (Lipinski definition) is 1. The molecular formula is C15H18N4O4S. The van der Waals surface area contributed by atoms with Gasteiger partial charge in [0.2, 0.25) is 12.2 Å². The van der Waals surface area contributed by atoms with E-state index in [1.807, 2.05) is 16.3 Å². The van der Waals surface area contributed by atoms with Gasteiger partial charge in [0, 0.05) is 10.8 Å². The van der Waals surface area contributed by atoms with E-state index in [-0.39, 0.29) is 28.8 Å². The van der Waals surface area contributed by atoms with Gasteiger partial charge >= 0.3 is 6.33 Å². The molecule has 1 aromatic heterocycles. The largest absolute Gasteiger partial charge is 0.543 e. The molecule has 3 aliphatic rings. The lowest BCUT2D eigenvalue weighted by Crippen LogP contribution is -2.64. The molecule has 1 aromatic rings. The molecule has 24 heavy (non-hydrogen) atoms. The molecule has 0 radical (unpaired) electrons. The van der Waals surface area contributed by atoms with E-state index >= 15 is 0 Å². The highest BCUT2D eigenvalue weighted by atomic mass is 32.2. The molecule has 4 heterocycles. The maximum atomic E-state index is 12.3. The van der Waals surface area contributed by atoms with Gasteiger partial charge in [-0.3, -0.25) is 4.79 Å². The van der Waals surface area contributed by atoms with Crippen molar-refractivity contribution in [1.29, 1.82) is 0 Å². The van der Waals surface area contributed by atoms with Crippen LogP contribution in [-0.2, 0) is 22.7 Å². The summed E-state index contributed by atoms with van der Waals surface area (Å²) in [7, 11) is 0. The number of rotatable bonds is 4. The van der Waals surface area contributed by atoms with Crippen LogP contribution in [-0.4, -0.2) is 48.9 Å². The second-order valence-electron chi connectivity index (χ2n) is 6.62. The van der Waals surface area contributed by atoms with Crippen LogP contribution in [0.15, 0.2) is 23.3 Å². The maximum absolute atomic E-state index is 12.3. The zero-order valence-electron chi connectivity index (χ0n) is 13.3. The number of β-lactam (4-membered cyclic amide) rings is 1. The summed E-state index contributed by atoms with van der Waals surface area (Å²) in [6.45, 7) is 4.96. The molecule has 3 aliphatic heterocycles. The third-order valence-electron chi connectivity index (χ3n) is 5.11. The van der Waals surface area contributed by atoms with E-state index in [0.29, 0.717) is 4.91 Å². The van der Waals surface area contributed by atoms with E-state index in [9.17, 15) is 19.8 Å². The Morgan fingerprint density at radius 1 is 1.58 bits per heavy atom. The highest BCUT2D eigenvalue weighted by Crippen LogP contribution is 2.51. The van der Waals surface area contributed by atoms with Crippen molar-refractivity contribution in [3.05, 3.63) is 23.3 Å². The number of carbonyl (C=O) groups excluding carboxylic acids is 2. The van der Waals surface area contributed by atoms with Crippen LogP contribution in [0.2, 0.25) is 0 Å². The Morgan fingerprint density at radius 3 is 2.96 bits per heavy atom. The minimum absolute atomic E-state index is 0.0147. The topological polar surface area (TPSA) is 102 Å². The zero-order chi connectivity index (χ0) is 17.2. The highest BCUT2D eigenvalue weighted by Gasteiger charge is 2.59. The Kier molecular flexibility index (Phi) is 3.47. The second kappa shape index (κ2) is 5.32. The lowest BCUT2D eigenvalue weighted by Gasteiger charge is -2.47. The van der Waals surface area contributed by atoms with Crippen molar-refractivity contribution in [2.75, 3.05) is 0 Å². The third kappa shape index (κ3) is 2.04. The first kappa shape index (κ1) is 15.6. The Bertz CT molecular complexity index is 738. The predicted octanol–water partition coefficient (Wildman–Crippen LogP) is -1.89. The molecule has 0 saturated carbocycles. The average molecular weight is 350 g/mol. The van der Waals surface area contributed by atoms with Crippen LogP contribution in [0.25, 0.3) is 0 Å². The first-order valence-corrected chi connectivity index (χ1v) is 8.81. The number of carbonyl (C=O) groups is 2. The molecule has 128 valence electrons. The number of carboxylic acid groups (broad SMARTS) is 1. The summed E-state index contributed by atoms with van der Waals surface area (Å²) in [5.74, 6) is -2.31. The van der Waals surface area contributed by atoms with Gasteiger partial charge in [0.25, 0.3) is 0 Å². The fourth-order valence-corrected chi connectivity index (χ4v) is 5.48. The summed E-state index contributed by atoms with van der Waals surface area (Å²) in [4.78, 5) is 30.0. The Balaban J connectivity index is 1.61. The number of nitrogens with zero attached hydrogens (tertiary/aromatic N) is 4. The van der Waals surface area contributed by atoms with Crippen LogP contribution < -0.4 is 9.79 Å². The van der Waals surface area contributed by atoms with Crippen molar-refractivity contribution in [2.24, 2.45) is 11.8 Å². The van der Waals surface area contributed by atoms with Crippen LogP contribution in [0, 0.1) is 11.8 Å². The summed E-state index contributed by atoms with van der Waals surface area (Å²) in [6.07, 6.45) is 2.70. The Morgan fingerprint density at radius 2 is 2.33 bits per heavy atom. The van der Waals surface area contributed by atoms with Crippen LogP contribution in [0.3, 0.4) is 0 Å². The maximum Gasteiger partial charge on any atom is 0.306 e. The van der Waals surface area contributed by atoms with Gasteiger partial charge in [-0.2, -0.15) is 9.36 Å². The minimum Gasteiger partial charge on any atom is -0.543 e. The number of aliphatic carboxylic acids is 1. The van der Waals surface area contributed by atoms with Gasteiger partial charge in [-0.25, -0.2) is 0 Å². The van der Waals surface area contributed by atoms with Crippen molar-refractivity contribution in [3.8, 4) is 0 Å². The predicted molar refractivity (Wildman–Crippen MR) is 80.8 cm³/mol. The summed E-state index contributed by atoms with van der Waals surface area (Å²) in [5, 5.41) is 21.7. The monoisotopic (exact) mass is 350 g/mol. The molecule has 0 spiro atoms. The van der Waals surface area contributed by atoms with Crippen molar-refractivity contribution >= 4 is 23.6 Å². The van der Waals surface area contributed by atoms with Gasteiger partial charge in [0.15, 0.2) is 0 Å². The molecule has 1 amide bonds. The van der Waals surface area contributed by atoms with Crippen molar-refractivity contribution in [1.82, 2.24) is 14.6 Å². The van der Waals surface area contributed by atoms with Crippen LogP contribution in [0.5, 0.6) is 0 Å². The summed E-state index contributed by atoms with van der Waals surface area (Å²) in [6, 6.07) is -0.289. The summed E-state index contributed by atoms with van der Waals surface area (Å²) in [5.41, 5.74) is -0.0147. The van der Waals surface area contributed by atoms with Crippen LogP contribution >= 0.6 is 11.8 Å². The fourth-order valence-electron chi connectivity index (χ4n) is 4.02. The molecule has 0 aromatic carbocycles. The van der Waals surface area contributed by atoms with Gasteiger partial charge in [0.05, 0.1) is 41.5 Å². The van der Waals surface area contributed by atoms with Crippen molar-refractivity contribution in [3.63, 3.8) is 0 Å². The molecule has 9 heteroatoms. The molecule has 4 rings (SSSR count).